The monoisotopic (exact) mass is 297 g/mol. The number of hydrogen-bond donors (Lipinski definition) is 1. The van der Waals surface area contributed by atoms with Crippen molar-refractivity contribution >= 4 is 17.5 Å². The lowest BCUT2D eigenvalue weighted by molar-refractivity contribution is 0.0542. The number of halogens is 1. The van der Waals surface area contributed by atoms with Gasteiger partial charge in [-0.05, 0) is 44.9 Å². The number of ether oxygens (including phenoxy) is 1. The molecule has 1 aliphatic rings. The highest BCUT2D eigenvalue weighted by molar-refractivity contribution is 6.31. The highest BCUT2D eigenvalue weighted by Crippen LogP contribution is 2.26. The standard InChI is InChI=1S/C15H20ClNO3/c1-10(2)20-14-4-3-11(16)9-13(14)15(19)17-7-5-12(18)6-8-17/h3-4,9-10,12,18H,5-8H2,1-2H3. The Bertz CT molecular complexity index is 482. The van der Waals surface area contributed by atoms with Crippen LogP contribution in [0.2, 0.25) is 5.02 Å². The number of aliphatic hydroxyl groups is 1. The third-order valence-corrected chi connectivity index (χ3v) is 3.52. The number of amides is 1. The Morgan fingerprint density at radius 2 is 2.05 bits per heavy atom. The molecule has 0 bridgehead atoms. The summed E-state index contributed by atoms with van der Waals surface area (Å²) in [5, 5.41) is 10.0. The zero-order chi connectivity index (χ0) is 14.7. The van der Waals surface area contributed by atoms with Gasteiger partial charge in [-0.25, -0.2) is 0 Å². The van der Waals surface area contributed by atoms with Gasteiger partial charge in [0.15, 0.2) is 0 Å². The number of likely N-dealkylation sites (tertiary alicyclic amines) is 1. The molecule has 1 fully saturated rings. The quantitative estimate of drug-likeness (QED) is 0.933. The Labute approximate surface area is 124 Å². The lowest BCUT2D eigenvalue weighted by Crippen LogP contribution is -2.40. The fourth-order valence-corrected chi connectivity index (χ4v) is 2.44. The van der Waals surface area contributed by atoms with Gasteiger partial charge in [-0.1, -0.05) is 11.6 Å². The summed E-state index contributed by atoms with van der Waals surface area (Å²) in [4.78, 5) is 14.3. The van der Waals surface area contributed by atoms with Gasteiger partial charge in [-0.3, -0.25) is 4.79 Å². The molecule has 1 aromatic rings. The maximum absolute atomic E-state index is 12.6. The second-order valence-electron chi connectivity index (χ2n) is 5.33. The van der Waals surface area contributed by atoms with Crippen LogP contribution >= 0.6 is 11.6 Å². The van der Waals surface area contributed by atoms with Crippen molar-refractivity contribution in [2.45, 2.75) is 38.9 Å². The normalized spacial score (nSPS) is 16.6. The van der Waals surface area contributed by atoms with Crippen molar-refractivity contribution in [1.29, 1.82) is 0 Å². The van der Waals surface area contributed by atoms with Crippen molar-refractivity contribution in [3.8, 4) is 5.75 Å². The van der Waals surface area contributed by atoms with E-state index >= 15 is 0 Å². The van der Waals surface area contributed by atoms with E-state index in [4.69, 9.17) is 16.3 Å². The summed E-state index contributed by atoms with van der Waals surface area (Å²) in [6.07, 6.45) is 0.926. The minimum Gasteiger partial charge on any atom is -0.490 e. The molecule has 2 rings (SSSR count). The predicted molar refractivity (Wildman–Crippen MR) is 78.4 cm³/mol. The van der Waals surface area contributed by atoms with Crippen molar-refractivity contribution in [2.75, 3.05) is 13.1 Å². The number of aliphatic hydroxyl groups excluding tert-OH is 1. The van der Waals surface area contributed by atoms with Gasteiger partial charge in [0, 0.05) is 18.1 Å². The van der Waals surface area contributed by atoms with Crippen molar-refractivity contribution in [2.24, 2.45) is 0 Å². The smallest absolute Gasteiger partial charge is 0.257 e. The molecule has 4 nitrogen and oxygen atoms in total. The number of piperidine rings is 1. The molecule has 5 heteroatoms. The molecule has 0 aromatic heterocycles. The second kappa shape index (κ2) is 6.46. The lowest BCUT2D eigenvalue weighted by atomic mass is 10.1. The van der Waals surface area contributed by atoms with Gasteiger partial charge < -0.3 is 14.7 Å². The molecule has 1 amide bonds. The van der Waals surface area contributed by atoms with Crippen molar-refractivity contribution in [1.82, 2.24) is 4.90 Å². The predicted octanol–water partition coefficient (Wildman–Crippen LogP) is 2.72. The van der Waals surface area contributed by atoms with Crippen molar-refractivity contribution < 1.29 is 14.6 Å². The zero-order valence-electron chi connectivity index (χ0n) is 11.8. The molecule has 0 atom stereocenters. The number of nitrogens with zero attached hydrogens (tertiary/aromatic N) is 1. The number of carbonyl (C=O) groups excluding carboxylic acids is 1. The molecule has 0 saturated carbocycles. The highest BCUT2D eigenvalue weighted by atomic mass is 35.5. The molecule has 110 valence electrons. The van der Waals surface area contributed by atoms with Gasteiger partial charge >= 0.3 is 0 Å². The minimum atomic E-state index is -0.301. The second-order valence-corrected chi connectivity index (χ2v) is 5.77. The Kier molecular flexibility index (Phi) is 4.89. The average Bonchev–Trinajstić information content (AvgIpc) is 2.40. The summed E-state index contributed by atoms with van der Waals surface area (Å²) in [5.41, 5.74) is 0.489. The molecule has 1 N–H and O–H groups in total. The van der Waals surface area contributed by atoms with E-state index in [9.17, 15) is 9.90 Å². The Hall–Kier alpha value is -1.26. The summed E-state index contributed by atoms with van der Waals surface area (Å²) < 4.78 is 5.68. The summed E-state index contributed by atoms with van der Waals surface area (Å²) in [7, 11) is 0. The van der Waals surface area contributed by atoms with Crippen LogP contribution in [0.1, 0.15) is 37.0 Å². The fraction of sp³-hybridized carbons (Fsp3) is 0.533. The first-order chi connectivity index (χ1) is 9.47. The van der Waals surface area contributed by atoms with Crippen LogP contribution in [0, 0.1) is 0 Å². The average molecular weight is 298 g/mol. The fourth-order valence-electron chi connectivity index (χ4n) is 2.27. The number of carbonyl (C=O) groups is 1. The summed E-state index contributed by atoms with van der Waals surface area (Å²) in [5.74, 6) is 0.468. The molecular formula is C15H20ClNO3. The van der Waals surface area contributed by atoms with E-state index in [0.717, 1.165) is 0 Å². The van der Waals surface area contributed by atoms with Crippen LogP contribution in [0.4, 0.5) is 0 Å². The Balaban J connectivity index is 2.21. The first kappa shape index (κ1) is 15.1. The maximum atomic E-state index is 12.6. The van der Waals surface area contributed by atoms with Crippen LogP contribution in [-0.2, 0) is 0 Å². The van der Waals surface area contributed by atoms with Crippen molar-refractivity contribution in [3.63, 3.8) is 0 Å². The Morgan fingerprint density at radius 1 is 1.40 bits per heavy atom. The third kappa shape index (κ3) is 3.64. The number of rotatable bonds is 3. The summed E-state index contributed by atoms with van der Waals surface area (Å²) in [6, 6.07) is 5.09. The molecule has 0 aliphatic carbocycles. The molecule has 1 saturated heterocycles. The van der Waals surface area contributed by atoms with Crippen LogP contribution in [0.15, 0.2) is 18.2 Å². The van der Waals surface area contributed by atoms with E-state index in [-0.39, 0.29) is 18.1 Å². The Morgan fingerprint density at radius 3 is 2.65 bits per heavy atom. The van der Waals surface area contributed by atoms with E-state index in [1.54, 1.807) is 23.1 Å². The van der Waals surface area contributed by atoms with Crippen LogP contribution in [0.25, 0.3) is 0 Å². The van der Waals surface area contributed by atoms with E-state index < -0.39 is 0 Å². The number of benzene rings is 1. The minimum absolute atomic E-state index is 0.00842. The van der Waals surface area contributed by atoms with E-state index in [1.807, 2.05) is 13.8 Å². The van der Waals surface area contributed by atoms with Crippen LogP contribution in [0.3, 0.4) is 0 Å². The molecule has 0 spiro atoms. The topological polar surface area (TPSA) is 49.8 Å². The zero-order valence-corrected chi connectivity index (χ0v) is 12.6. The van der Waals surface area contributed by atoms with Gasteiger partial charge in [0.05, 0.1) is 17.8 Å². The van der Waals surface area contributed by atoms with Crippen LogP contribution in [0.5, 0.6) is 5.75 Å². The molecule has 0 radical (unpaired) electrons. The van der Waals surface area contributed by atoms with Gasteiger partial charge in [-0.2, -0.15) is 0 Å². The first-order valence-corrected chi connectivity index (χ1v) is 7.28. The third-order valence-electron chi connectivity index (χ3n) is 3.29. The molecule has 1 aliphatic heterocycles. The van der Waals surface area contributed by atoms with Gasteiger partial charge in [0.1, 0.15) is 5.75 Å². The molecular weight excluding hydrogens is 278 g/mol. The maximum Gasteiger partial charge on any atom is 0.257 e. The number of hydrogen-bond acceptors (Lipinski definition) is 3. The van der Waals surface area contributed by atoms with Crippen molar-refractivity contribution in [3.05, 3.63) is 28.8 Å². The first-order valence-electron chi connectivity index (χ1n) is 6.91. The molecule has 0 unspecified atom stereocenters. The summed E-state index contributed by atoms with van der Waals surface area (Å²) in [6.45, 7) is 4.96. The van der Waals surface area contributed by atoms with Crippen LogP contribution < -0.4 is 4.74 Å². The van der Waals surface area contributed by atoms with E-state index in [2.05, 4.69) is 0 Å². The van der Waals surface area contributed by atoms with Gasteiger partial charge in [-0.15, -0.1) is 0 Å². The SMILES string of the molecule is CC(C)Oc1ccc(Cl)cc1C(=O)N1CCC(O)CC1. The van der Waals surface area contributed by atoms with Gasteiger partial charge in [0.2, 0.25) is 0 Å². The van der Waals surface area contributed by atoms with Gasteiger partial charge in [0.25, 0.3) is 5.91 Å². The van der Waals surface area contributed by atoms with E-state index in [0.29, 0.717) is 42.3 Å². The largest absolute Gasteiger partial charge is 0.490 e. The van der Waals surface area contributed by atoms with Crippen LogP contribution in [-0.4, -0.2) is 41.2 Å². The molecule has 1 heterocycles. The van der Waals surface area contributed by atoms with E-state index in [1.165, 1.54) is 0 Å². The lowest BCUT2D eigenvalue weighted by Gasteiger charge is -2.30. The highest BCUT2D eigenvalue weighted by Gasteiger charge is 2.25. The summed E-state index contributed by atoms with van der Waals surface area (Å²) >= 11 is 5.99. The molecule has 20 heavy (non-hydrogen) atoms. The molecule has 1 aromatic carbocycles.